The molecule has 1 aliphatic rings. The molecule has 0 radical (unpaired) electrons. The molecule has 0 saturated heterocycles. The van der Waals surface area contributed by atoms with Crippen LogP contribution in [-0.4, -0.2) is 15.6 Å². The third-order valence-corrected chi connectivity index (χ3v) is 4.14. The van der Waals surface area contributed by atoms with E-state index in [1.54, 1.807) is 0 Å². The molecular formula is C13H13BrN2O. The molecule has 0 amide bonds. The van der Waals surface area contributed by atoms with Crippen molar-refractivity contribution >= 4 is 32.6 Å². The molecule has 0 unspecified atom stereocenters. The summed E-state index contributed by atoms with van der Waals surface area (Å²) in [6.07, 6.45) is 5.13. The number of carbonyl (C=O) groups is 1. The fraction of sp³-hybridized carbons (Fsp3) is 0.385. The standard InChI is InChI=1S/C13H13BrN2O/c14-12-2-1-3-13-11(12)8-15-16(13)9-4-6-10(17)7-5-9/h1-3,8-9H,4-7H2. The number of hydrogen-bond donors (Lipinski definition) is 0. The van der Waals surface area contributed by atoms with E-state index in [0.717, 1.165) is 28.2 Å². The van der Waals surface area contributed by atoms with Gasteiger partial charge in [-0.1, -0.05) is 22.0 Å². The van der Waals surface area contributed by atoms with Crippen molar-refractivity contribution in [1.29, 1.82) is 0 Å². The van der Waals surface area contributed by atoms with Crippen molar-refractivity contribution < 1.29 is 4.79 Å². The van der Waals surface area contributed by atoms with Crippen LogP contribution in [-0.2, 0) is 4.79 Å². The minimum Gasteiger partial charge on any atom is -0.300 e. The zero-order chi connectivity index (χ0) is 11.8. The topological polar surface area (TPSA) is 34.9 Å². The second kappa shape index (κ2) is 4.26. The Bertz CT molecular complexity index is 566. The zero-order valence-electron chi connectivity index (χ0n) is 9.40. The van der Waals surface area contributed by atoms with E-state index in [1.807, 2.05) is 18.3 Å². The van der Waals surface area contributed by atoms with Crippen molar-refractivity contribution in [3.8, 4) is 0 Å². The normalized spacial score (nSPS) is 17.8. The van der Waals surface area contributed by atoms with Gasteiger partial charge in [0.2, 0.25) is 0 Å². The van der Waals surface area contributed by atoms with E-state index in [9.17, 15) is 4.79 Å². The molecule has 0 N–H and O–H groups in total. The monoisotopic (exact) mass is 292 g/mol. The van der Waals surface area contributed by atoms with E-state index >= 15 is 0 Å². The molecule has 4 heteroatoms. The molecular weight excluding hydrogens is 280 g/mol. The number of hydrogen-bond acceptors (Lipinski definition) is 2. The number of benzene rings is 1. The van der Waals surface area contributed by atoms with Gasteiger partial charge in [-0.3, -0.25) is 9.48 Å². The lowest BCUT2D eigenvalue weighted by atomic mass is 9.94. The molecule has 0 atom stereocenters. The Hall–Kier alpha value is -1.16. The fourth-order valence-electron chi connectivity index (χ4n) is 2.50. The summed E-state index contributed by atoms with van der Waals surface area (Å²) in [5.41, 5.74) is 1.15. The molecule has 17 heavy (non-hydrogen) atoms. The third kappa shape index (κ3) is 1.90. The van der Waals surface area contributed by atoms with E-state index in [0.29, 0.717) is 24.7 Å². The summed E-state index contributed by atoms with van der Waals surface area (Å²) >= 11 is 3.54. The van der Waals surface area contributed by atoms with Crippen LogP contribution in [0.3, 0.4) is 0 Å². The van der Waals surface area contributed by atoms with Crippen LogP contribution in [0.15, 0.2) is 28.9 Å². The second-order valence-corrected chi connectivity index (χ2v) is 5.39. The Kier molecular flexibility index (Phi) is 2.74. The van der Waals surface area contributed by atoms with Crippen LogP contribution in [0, 0.1) is 0 Å². The Morgan fingerprint density at radius 2 is 2.06 bits per heavy atom. The van der Waals surface area contributed by atoms with Gasteiger partial charge in [0, 0.05) is 22.7 Å². The zero-order valence-corrected chi connectivity index (χ0v) is 11.0. The highest BCUT2D eigenvalue weighted by Crippen LogP contribution is 2.31. The third-order valence-electron chi connectivity index (χ3n) is 3.45. The van der Waals surface area contributed by atoms with E-state index in [2.05, 4.69) is 31.8 Å². The largest absolute Gasteiger partial charge is 0.300 e. The smallest absolute Gasteiger partial charge is 0.133 e. The summed E-state index contributed by atoms with van der Waals surface area (Å²) in [5, 5.41) is 5.62. The van der Waals surface area contributed by atoms with Gasteiger partial charge in [0.15, 0.2) is 0 Å². The number of halogens is 1. The molecule has 0 bridgehead atoms. The summed E-state index contributed by atoms with van der Waals surface area (Å²) < 4.78 is 3.15. The predicted octanol–water partition coefficient (Wildman–Crippen LogP) is 3.48. The highest BCUT2D eigenvalue weighted by atomic mass is 79.9. The highest BCUT2D eigenvalue weighted by molar-refractivity contribution is 9.10. The first-order valence-corrected chi connectivity index (χ1v) is 6.68. The maximum absolute atomic E-state index is 11.3. The summed E-state index contributed by atoms with van der Waals surface area (Å²) in [6, 6.07) is 6.51. The number of fused-ring (bicyclic) bond motifs is 1. The first-order chi connectivity index (χ1) is 8.25. The van der Waals surface area contributed by atoms with Gasteiger partial charge < -0.3 is 0 Å². The SMILES string of the molecule is O=C1CCC(n2ncc3c(Br)cccc32)CC1. The van der Waals surface area contributed by atoms with E-state index in [4.69, 9.17) is 0 Å². The maximum Gasteiger partial charge on any atom is 0.133 e. The highest BCUT2D eigenvalue weighted by Gasteiger charge is 2.22. The van der Waals surface area contributed by atoms with Gasteiger partial charge in [0.05, 0.1) is 17.8 Å². The Labute approximate surface area is 108 Å². The van der Waals surface area contributed by atoms with Crippen molar-refractivity contribution in [2.45, 2.75) is 31.7 Å². The van der Waals surface area contributed by atoms with Crippen molar-refractivity contribution in [2.75, 3.05) is 0 Å². The number of rotatable bonds is 1. The summed E-state index contributed by atoms with van der Waals surface area (Å²) in [5.74, 6) is 0.388. The van der Waals surface area contributed by atoms with Gasteiger partial charge in [-0.25, -0.2) is 0 Å². The molecule has 1 heterocycles. The van der Waals surface area contributed by atoms with Crippen LogP contribution in [0.2, 0.25) is 0 Å². The van der Waals surface area contributed by atoms with Crippen LogP contribution >= 0.6 is 15.9 Å². The van der Waals surface area contributed by atoms with Crippen molar-refractivity contribution in [2.24, 2.45) is 0 Å². The van der Waals surface area contributed by atoms with Gasteiger partial charge in [-0.15, -0.1) is 0 Å². The van der Waals surface area contributed by atoms with Gasteiger partial charge in [-0.05, 0) is 25.0 Å². The van der Waals surface area contributed by atoms with Gasteiger partial charge in [-0.2, -0.15) is 5.10 Å². The van der Waals surface area contributed by atoms with Gasteiger partial charge in [0.1, 0.15) is 5.78 Å². The van der Waals surface area contributed by atoms with Crippen LogP contribution < -0.4 is 0 Å². The first-order valence-electron chi connectivity index (χ1n) is 5.89. The second-order valence-electron chi connectivity index (χ2n) is 4.53. The molecule has 3 rings (SSSR count). The fourth-order valence-corrected chi connectivity index (χ4v) is 2.95. The molecule has 0 spiro atoms. The Balaban J connectivity index is 2.01. The van der Waals surface area contributed by atoms with Crippen LogP contribution in [0.4, 0.5) is 0 Å². The van der Waals surface area contributed by atoms with Crippen molar-refractivity contribution in [1.82, 2.24) is 9.78 Å². The lowest BCUT2D eigenvalue weighted by Crippen LogP contribution is -2.18. The minimum absolute atomic E-state index is 0.375. The molecule has 1 aromatic carbocycles. The molecule has 1 aromatic heterocycles. The predicted molar refractivity (Wildman–Crippen MR) is 69.9 cm³/mol. The lowest BCUT2D eigenvalue weighted by molar-refractivity contribution is -0.120. The summed E-state index contributed by atoms with van der Waals surface area (Å²) in [6.45, 7) is 0. The molecule has 3 nitrogen and oxygen atoms in total. The number of carbonyl (C=O) groups excluding carboxylic acids is 1. The van der Waals surface area contributed by atoms with Crippen LogP contribution in [0.25, 0.3) is 10.9 Å². The molecule has 88 valence electrons. The lowest BCUT2D eigenvalue weighted by Gasteiger charge is -2.22. The quantitative estimate of drug-likeness (QED) is 0.806. The molecule has 1 saturated carbocycles. The molecule has 1 aliphatic carbocycles. The average molecular weight is 293 g/mol. The minimum atomic E-state index is 0.375. The molecule has 0 aliphatic heterocycles. The van der Waals surface area contributed by atoms with E-state index in [1.165, 1.54) is 0 Å². The first kappa shape index (κ1) is 11.0. The maximum atomic E-state index is 11.3. The van der Waals surface area contributed by atoms with Gasteiger partial charge in [0.25, 0.3) is 0 Å². The van der Waals surface area contributed by atoms with Crippen LogP contribution in [0.1, 0.15) is 31.7 Å². The molecule has 1 fully saturated rings. The Morgan fingerprint density at radius 1 is 1.29 bits per heavy atom. The number of ketones is 1. The summed E-state index contributed by atoms with van der Waals surface area (Å²) in [7, 11) is 0. The van der Waals surface area contributed by atoms with Crippen LogP contribution in [0.5, 0.6) is 0 Å². The van der Waals surface area contributed by atoms with E-state index < -0.39 is 0 Å². The number of aromatic nitrogens is 2. The molecule has 2 aromatic rings. The van der Waals surface area contributed by atoms with Crippen molar-refractivity contribution in [3.05, 3.63) is 28.9 Å². The number of Topliss-reactive ketones (excluding diaryl/α,β-unsaturated/α-hetero) is 1. The van der Waals surface area contributed by atoms with Gasteiger partial charge >= 0.3 is 0 Å². The summed E-state index contributed by atoms with van der Waals surface area (Å²) in [4.78, 5) is 11.3. The Morgan fingerprint density at radius 3 is 2.82 bits per heavy atom. The average Bonchev–Trinajstić information content (AvgIpc) is 2.75. The van der Waals surface area contributed by atoms with Crippen molar-refractivity contribution in [3.63, 3.8) is 0 Å². The number of nitrogens with zero attached hydrogens (tertiary/aromatic N) is 2. The van der Waals surface area contributed by atoms with E-state index in [-0.39, 0.29) is 0 Å².